The minimum atomic E-state index is 0.120. The number of amides is 1. The summed E-state index contributed by atoms with van der Waals surface area (Å²) in [6.07, 6.45) is 3.84. The van der Waals surface area contributed by atoms with E-state index >= 15 is 0 Å². The number of aromatic amines is 1. The molecule has 2 aliphatic rings. The molecule has 0 spiro atoms. The largest absolute Gasteiger partial charge is 0.454 e. The van der Waals surface area contributed by atoms with Crippen molar-refractivity contribution in [1.29, 1.82) is 0 Å². The van der Waals surface area contributed by atoms with Crippen molar-refractivity contribution in [2.24, 2.45) is 0 Å². The number of aromatic nitrogens is 4. The topological polar surface area (TPSA) is 109 Å². The van der Waals surface area contributed by atoms with Crippen molar-refractivity contribution in [3.05, 3.63) is 59.5 Å². The Hall–Kier alpha value is -4.60. The van der Waals surface area contributed by atoms with Gasteiger partial charge in [0, 0.05) is 55.9 Å². The molecule has 0 radical (unpaired) electrons. The van der Waals surface area contributed by atoms with E-state index in [1.54, 1.807) is 6.92 Å². The second-order valence-electron chi connectivity index (χ2n) is 9.13. The lowest BCUT2D eigenvalue weighted by Crippen LogP contribution is -2.48. The quantitative estimate of drug-likeness (QED) is 0.426. The van der Waals surface area contributed by atoms with Crippen LogP contribution in [0.25, 0.3) is 23.1 Å². The molecule has 1 fully saturated rings. The number of nitrogens with zero attached hydrogens (tertiary/aromatic N) is 5. The van der Waals surface area contributed by atoms with E-state index in [9.17, 15) is 4.79 Å². The van der Waals surface area contributed by atoms with E-state index in [-0.39, 0.29) is 12.7 Å². The van der Waals surface area contributed by atoms with E-state index in [2.05, 4.69) is 32.5 Å². The van der Waals surface area contributed by atoms with Gasteiger partial charge < -0.3 is 24.6 Å². The summed E-state index contributed by atoms with van der Waals surface area (Å²) in [7, 11) is 0. The number of H-pyrrole nitrogens is 1. The summed E-state index contributed by atoms with van der Waals surface area (Å²) >= 11 is 0. The van der Waals surface area contributed by atoms with Gasteiger partial charge in [0.05, 0.1) is 5.52 Å². The molecule has 0 saturated carbocycles. The van der Waals surface area contributed by atoms with Crippen LogP contribution >= 0.6 is 0 Å². The summed E-state index contributed by atoms with van der Waals surface area (Å²) in [5.74, 6) is 3.53. The van der Waals surface area contributed by atoms with Crippen LogP contribution < -0.4 is 19.7 Å². The van der Waals surface area contributed by atoms with Gasteiger partial charge >= 0.3 is 0 Å². The monoisotopic (exact) mass is 497 g/mol. The Labute approximate surface area is 213 Å². The van der Waals surface area contributed by atoms with E-state index in [1.165, 1.54) is 0 Å². The number of nitrogens with one attached hydrogen (secondary N) is 2. The second-order valence-corrected chi connectivity index (χ2v) is 9.13. The maximum absolute atomic E-state index is 11.7. The molecule has 10 nitrogen and oxygen atoms in total. The van der Waals surface area contributed by atoms with Gasteiger partial charge in [-0.15, -0.1) is 0 Å². The smallest absolute Gasteiger partial charge is 0.231 e. The van der Waals surface area contributed by atoms with Crippen LogP contribution in [-0.2, 0) is 4.79 Å². The summed E-state index contributed by atoms with van der Waals surface area (Å²) in [6.45, 7) is 6.81. The van der Waals surface area contributed by atoms with E-state index < -0.39 is 0 Å². The number of ether oxygens (including phenoxy) is 2. The molecule has 1 amide bonds. The van der Waals surface area contributed by atoms with Crippen molar-refractivity contribution in [2.75, 3.05) is 43.2 Å². The highest BCUT2D eigenvalue weighted by atomic mass is 16.7. The first kappa shape index (κ1) is 22.8. The molecular formula is C27H27N7O3. The van der Waals surface area contributed by atoms with Gasteiger partial charge in [0.2, 0.25) is 12.7 Å². The molecule has 1 saturated heterocycles. The van der Waals surface area contributed by atoms with Crippen LogP contribution in [0, 0.1) is 6.92 Å². The fourth-order valence-electron chi connectivity index (χ4n) is 4.57. The van der Waals surface area contributed by atoms with Gasteiger partial charge in [0.1, 0.15) is 5.82 Å². The molecule has 0 bridgehead atoms. The van der Waals surface area contributed by atoms with Crippen LogP contribution in [0.1, 0.15) is 24.0 Å². The first-order valence-electron chi connectivity index (χ1n) is 12.2. The van der Waals surface area contributed by atoms with Crippen molar-refractivity contribution >= 4 is 46.3 Å². The van der Waals surface area contributed by atoms with Gasteiger partial charge in [0.15, 0.2) is 23.1 Å². The van der Waals surface area contributed by atoms with Gasteiger partial charge in [-0.1, -0.05) is 12.1 Å². The van der Waals surface area contributed by atoms with Gasteiger partial charge in [-0.2, -0.15) is 5.10 Å². The Bertz CT molecular complexity index is 1510. The zero-order valence-electron chi connectivity index (χ0n) is 20.7. The summed E-state index contributed by atoms with van der Waals surface area (Å²) < 4.78 is 10.9. The average molecular weight is 498 g/mol. The zero-order valence-corrected chi connectivity index (χ0v) is 20.7. The Morgan fingerprint density at radius 3 is 2.62 bits per heavy atom. The zero-order chi connectivity index (χ0) is 25.4. The molecule has 10 heteroatoms. The molecule has 6 rings (SSSR count). The normalized spacial score (nSPS) is 15.1. The molecule has 2 aliphatic heterocycles. The van der Waals surface area contributed by atoms with Crippen molar-refractivity contribution in [2.45, 2.75) is 13.8 Å². The molecule has 4 aromatic rings. The number of aryl methyl sites for hydroxylation is 1. The molecular weight excluding hydrogens is 470 g/mol. The lowest BCUT2D eigenvalue weighted by Gasteiger charge is -2.35. The van der Waals surface area contributed by atoms with Crippen LogP contribution in [-0.4, -0.2) is 63.9 Å². The maximum Gasteiger partial charge on any atom is 0.231 e. The van der Waals surface area contributed by atoms with E-state index in [0.29, 0.717) is 30.5 Å². The fourth-order valence-corrected chi connectivity index (χ4v) is 4.57. The summed E-state index contributed by atoms with van der Waals surface area (Å²) in [5, 5.41) is 11.5. The van der Waals surface area contributed by atoms with Crippen molar-refractivity contribution < 1.29 is 14.3 Å². The van der Waals surface area contributed by atoms with Crippen molar-refractivity contribution in [3.63, 3.8) is 0 Å². The molecule has 0 unspecified atom stereocenters. The minimum absolute atomic E-state index is 0.120. The van der Waals surface area contributed by atoms with Crippen molar-refractivity contribution in [1.82, 2.24) is 25.1 Å². The lowest BCUT2D eigenvalue weighted by atomic mass is 10.1. The van der Waals surface area contributed by atoms with Crippen LogP contribution in [0.15, 0.2) is 42.5 Å². The predicted molar refractivity (Wildman–Crippen MR) is 142 cm³/mol. The van der Waals surface area contributed by atoms with E-state index in [0.717, 1.165) is 52.4 Å². The summed E-state index contributed by atoms with van der Waals surface area (Å²) in [4.78, 5) is 25.5. The number of piperazine rings is 1. The highest BCUT2D eigenvalue weighted by Crippen LogP contribution is 2.33. The fraction of sp³-hybridized carbons (Fsp3) is 0.259. The Morgan fingerprint density at radius 1 is 1.00 bits per heavy atom. The standard InChI is InChI=1S/C27H27N7O3/c1-17-13-26(32-31-17)30-27-21-6-5-20(34-11-9-33(10-12-34)18(2)35)15-22(21)28-25(29-27)8-4-19-3-7-23-24(14-19)37-16-36-23/h3-8,13-15H,9-12,16H2,1-2H3,(H2,28,29,30,31,32)/b8-4+. The molecule has 2 N–H and O–H groups in total. The SMILES string of the molecule is CC(=O)N1CCN(c2ccc3c(Nc4cc(C)[nH]n4)nc(/C=C/c4ccc5c(c4)OCO5)nc3c2)CC1. The third-order valence-corrected chi connectivity index (χ3v) is 6.56. The maximum atomic E-state index is 11.7. The van der Waals surface area contributed by atoms with E-state index in [1.807, 2.05) is 54.3 Å². The number of carbonyl (C=O) groups excluding carboxylic acids is 1. The summed E-state index contributed by atoms with van der Waals surface area (Å²) in [6, 6.07) is 13.9. The van der Waals surface area contributed by atoms with Crippen LogP contribution in [0.2, 0.25) is 0 Å². The molecule has 0 atom stereocenters. The first-order chi connectivity index (χ1) is 18.0. The average Bonchev–Trinajstić information content (AvgIpc) is 3.55. The molecule has 188 valence electrons. The molecule has 0 aliphatic carbocycles. The molecule has 2 aromatic heterocycles. The number of hydrogen-bond acceptors (Lipinski definition) is 8. The molecule has 4 heterocycles. The number of hydrogen-bond donors (Lipinski definition) is 2. The Kier molecular flexibility index (Phi) is 5.84. The van der Waals surface area contributed by atoms with Crippen LogP contribution in [0.4, 0.5) is 17.3 Å². The van der Waals surface area contributed by atoms with Crippen LogP contribution in [0.3, 0.4) is 0 Å². The number of benzene rings is 2. The Balaban J connectivity index is 1.34. The lowest BCUT2D eigenvalue weighted by molar-refractivity contribution is -0.129. The third-order valence-electron chi connectivity index (χ3n) is 6.56. The minimum Gasteiger partial charge on any atom is -0.454 e. The van der Waals surface area contributed by atoms with Crippen molar-refractivity contribution in [3.8, 4) is 11.5 Å². The van der Waals surface area contributed by atoms with Gasteiger partial charge in [-0.25, -0.2) is 9.97 Å². The van der Waals surface area contributed by atoms with Gasteiger partial charge in [-0.05, 0) is 48.9 Å². The van der Waals surface area contributed by atoms with Gasteiger partial charge in [0.25, 0.3) is 0 Å². The highest BCUT2D eigenvalue weighted by molar-refractivity contribution is 5.93. The third kappa shape index (κ3) is 4.77. The van der Waals surface area contributed by atoms with E-state index in [4.69, 9.17) is 19.4 Å². The number of rotatable bonds is 5. The second kappa shape index (κ2) is 9.45. The first-order valence-corrected chi connectivity index (χ1v) is 12.2. The number of fused-ring (bicyclic) bond motifs is 2. The highest BCUT2D eigenvalue weighted by Gasteiger charge is 2.20. The number of carbonyl (C=O) groups is 1. The van der Waals surface area contributed by atoms with Gasteiger partial charge in [-0.3, -0.25) is 9.89 Å². The molecule has 2 aromatic carbocycles. The predicted octanol–water partition coefficient (Wildman–Crippen LogP) is 3.97. The molecule has 37 heavy (non-hydrogen) atoms. The Morgan fingerprint density at radius 2 is 1.84 bits per heavy atom. The summed E-state index contributed by atoms with van der Waals surface area (Å²) in [5.41, 5.74) is 3.81. The number of anilines is 3. The van der Waals surface area contributed by atoms with Crippen LogP contribution in [0.5, 0.6) is 11.5 Å².